The average molecular weight is 375 g/mol. The lowest BCUT2D eigenvalue weighted by Gasteiger charge is -2.48. The molecule has 0 amide bonds. The van der Waals surface area contributed by atoms with Crippen molar-refractivity contribution in [2.75, 3.05) is 20.2 Å². The summed E-state index contributed by atoms with van der Waals surface area (Å²) >= 11 is 0. The van der Waals surface area contributed by atoms with Crippen molar-refractivity contribution in [2.45, 2.75) is 70.1 Å². The Kier molecular flexibility index (Phi) is 4.89. The smallest absolute Gasteiger partial charge is 0.326 e. The molecule has 2 fully saturated rings. The minimum Gasteiger partial charge on any atom is -0.381 e. The van der Waals surface area contributed by atoms with Crippen molar-refractivity contribution in [1.29, 1.82) is 0 Å². The number of hydrogen-bond acceptors (Lipinski definition) is 3. The second-order valence-electron chi connectivity index (χ2n) is 8.59. The number of ether oxygens (including phenoxy) is 1. The summed E-state index contributed by atoms with van der Waals surface area (Å²) in [4.78, 5) is 17.8. The molecule has 1 aliphatic carbocycles. The van der Waals surface area contributed by atoms with E-state index in [0.29, 0.717) is 17.1 Å². The van der Waals surface area contributed by atoms with Crippen molar-refractivity contribution in [2.24, 2.45) is 0 Å². The van der Waals surface area contributed by atoms with Gasteiger partial charge in [-0.25, -0.2) is 9.18 Å². The third kappa shape index (κ3) is 3.34. The van der Waals surface area contributed by atoms with E-state index in [1.165, 1.54) is 6.07 Å². The first-order valence-electron chi connectivity index (χ1n) is 10.1. The molecular weight excluding hydrogens is 345 g/mol. The number of benzene rings is 1. The number of nitrogens with zero attached hydrogens (tertiary/aromatic N) is 2. The predicted octanol–water partition coefficient (Wildman–Crippen LogP) is 3.76. The molecule has 27 heavy (non-hydrogen) atoms. The van der Waals surface area contributed by atoms with E-state index in [1.54, 1.807) is 4.57 Å². The predicted molar refractivity (Wildman–Crippen MR) is 105 cm³/mol. The van der Waals surface area contributed by atoms with Crippen LogP contribution in [0.25, 0.3) is 11.0 Å². The molecule has 2 heterocycles. The molecule has 2 aromatic rings. The van der Waals surface area contributed by atoms with E-state index in [9.17, 15) is 9.18 Å². The van der Waals surface area contributed by atoms with E-state index < -0.39 is 0 Å². The van der Waals surface area contributed by atoms with Crippen LogP contribution in [0.3, 0.4) is 0 Å². The molecule has 0 atom stereocenters. The minimum absolute atomic E-state index is 0.127. The maximum atomic E-state index is 14.2. The van der Waals surface area contributed by atoms with Gasteiger partial charge in [-0.1, -0.05) is 0 Å². The molecular formula is C21H30FN3O2. The third-order valence-corrected chi connectivity index (χ3v) is 6.86. The summed E-state index contributed by atoms with van der Waals surface area (Å²) in [6, 6.07) is 3.51. The van der Waals surface area contributed by atoms with Crippen molar-refractivity contribution in [1.82, 2.24) is 14.5 Å². The highest BCUT2D eigenvalue weighted by Gasteiger charge is 2.38. The van der Waals surface area contributed by atoms with E-state index >= 15 is 0 Å². The number of aryl methyl sites for hydroxylation is 1. The van der Waals surface area contributed by atoms with Crippen molar-refractivity contribution >= 4 is 11.0 Å². The van der Waals surface area contributed by atoms with Crippen LogP contribution >= 0.6 is 0 Å². The van der Waals surface area contributed by atoms with Gasteiger partial charge in [-0.05, 0) is 70.1 Å². The fourth-order valence-corrected chi connectivity index (χ4v) is 5.11. The van der Waals surface area contributed by atoms with E-state index in [2.05, 4.69) is 16.8 Å². The molecule has 2 aliphatic rings. The highest BCUT2D eigenvalue weighted by Crippen LogP contribution is 2.37. The monoisotopic (exact) mass is 375 g/mol. The molecule has 0 unspecified atom stereocenters. The summed E-state index contributed by atoms with van der Waals surface area (Å²) < 4.78 is 21.5. The highest BCUT2D eigenvalue weighted by molar-refractivity contribution is 5.77. The Morgan fingerprint density at radius 3 is 2.48 bits per heavy atom. The van der Waals surface area contributed by atoms with Crippen LogP contribution in [-0.2, 0) is 4.74 Å². The number of likely N-dealkylation sites (tertiary alicyclic amines) is 1. The second-order valence-corrected chi connectivity index (χ2v) is 8.59. The minimum atomic E-state index is -0.347. The van der Waals surface area contributed by atoms with E-state index in [0.717, 1.165) is 57.2 Å². The lowest BCUT2D eigenvalue weighted by atomic mass is 9.79. The molecule has 1 saturated heterocycles. The molecule has 0 bridgehead atoms. The maximum Gasteiger partial charge on any atom is 0.326 e. The Bertz CT molecular complexity index is 871. The van der Waals surface area contributed by atoms with E-state index in [1.807, 2.05) is 20.1 Å². The zero-order valence-corrected chi connectivity index (χ0v) is 16.6. The molecule has 6 heteroatoms. The quantitative estimate of drug-likeness (QED) is 0.889. The number of rotatable bonds is 3. The number of fused-ring (bicyclic) bond motifs is 1. The van der Waals surface area contributed by atoms with Crippen molar-refractivity contribution in [3.8, 4) is 0 Å². The Hall–Kier alpha value is -1.66. The van der Waals surface area contributed by atoms with Crippen molar-refractivity contribution in [3.05, 3.63) is 34.0 Å². The molecule has 148 valence electrons. The van der Waals surface area contributed by atoms with E-state index in [-0.39, 0.29) is 23.1 Å². The van der Waals surface area contributed by atoms with Gasteiger partial charge in [-0.15, -0.1) is 0 Å². The van der Waals surface area contributed by atoms with Crippen LogP contribution in [-0.4, -0.2) is 46.3 Å². The Morgan fingerprint density at radius 1 is 1.19 bits per heavy atom. The number of H-pyrrole nitrogens is 1. The Morgan fingerprint density at radius 2 is 1.85 bits per heavy atom. The standard InChI is InChI=1S/C21H30FN3O2/c1-14-12-17(22)19-18(13-14)25(20(26)23-19)15-6-10-24(11-7-15)21(2)8-4-16(27-3)5-9-21/h12-13,15-16H,4-11H2,1-3H3,(H,23,26)/t16-,21-. The van der Waals surface area contributed by atoms with Gasteiger partial charge in [0.25, 0.3) is 0 Å². The zero-order chi connectivity index (χ0) is 19.2. The summed E-state index contributed by atoms with van der Waals surface area (Å²) in [7, 11) is 1.81. The van der Waals surface area contributed by atoms with E-state index in [4.69, 9.17) is 4.74 Å². The fraction of sp³-hybridized carbons (Fsp3) is 0.667. The second kappa shape index (κ2) is 7.06. The first-order valence-corrected chi connectivity index (χ1v) is 10.1. The summed E-state index contributed by atoms with van der Waals surface area (Å²) in [5.41, 5.74) is 1.90. The number of halogens is 1. The molecule has 0 spiro atoms. The number of aromatic nitrogens is 2. The van der Waals surface area contributed by atoms with Crippen LogP contribution in [0.4, 0.5) is 4.39 Å². The van der Waals surface area contributed by atoms with Gasteiger partial charge in [0, 0.05) is 31.8 Å². The molecule has 1 N–H and O–H groups in total. The lowest BCUT2D eigenvalue weighted by molar-refractivity contribution is -0.0146. The van der Waals surface area contributed by atoms with Gasteiger partial charge in [0.2, 0.25) is 0 Å². The summed E-state index contributed by atoms with van der Waals surface area (Å²) in [5.74, 6) is -0.347. The summed E-state index contributed by atoms with van der Waals surface area (Å²) in [6.45, 7) is 6.19. The summed E-state index contributed by atoms with van der Waals surface area (Å²) in [5, 5.41) is 0. The van der Waals surface area contributed by atoms with Crippen LogP contribution in [0.1, 0.15) is 57.1 Å². The van der Waals surface area contributed by atoms with Crippen molar-refractivity contribution < 1.29 is 9.13 Å². The lowest BCUT2D eigenvalue weighted by Crippen LogP contribution is -2.52. The molecule has 5 nitrogen and oxygen atoms in total. The number of imidazole rings is 1. The normalized spacial score (nSPS) is 28.1. The number of aromatic amines is 1. The number of piperidine rings is 1. The van der Waals surface area contributed by atoms with Gasteiger partial charge in [-0.3, -0.25) is 9.47 Å². The number of hydrogen-bond donors (Lipinski definition) is 1. The van der Waals surface area contributed by atoms with Crippen LogP contribution in [0.5, 0.6) is 0 Å². The highest BCUT2D eigenvalue weighted by atomic mass is 19.1. The fourth-order valence-electron chi connectivity index (χ4n) is 5.11. The number of nitrogens with one attached hydrogen (secondary N) is 1. The Labute approximate surface area is 159 Å². The molecule has 1 saturated carbocycles. The van der Waals surface area contributed by atoms with Crippen LogP contribution in [0.2, 0.25) is 0 Å². The molecule has 1 aromatic carbocycles. The first-order chi connectivity index (χ1) is 12.9. The van der Waals surface area contributed by atoms with Gasteiger partial charge in [0.15, 0.2) is 0 Å². The first kappa shape index (κ1) is 18.7. The largest absolute Gasteiger partial charge is 0.381 e. The average Bonchev–Trinajstić information content (AvgIpc) is 2.99. The zero-order valence-electron chi connectivity index (χ0n) is 16.6. The summed E-state index contributed by atoms with van der Waals surface area (Å²) in [6.07, 6.45) is 6.80. The van der Waals surface area contributed by atoms with Crippen molar-refractivity contribution in [3.63, 3.8) is 0 Å². The van der Waals surface area contributed by atoms with Gasteiger partial charge in [-0.2, -0.15) is 0 Å². The molecule has 1 aromatic heterocycles. The van der Waals surface area contributed by atoms with Gasteiger partial charge in [0.1, 0.15) is 11.3 Å². The van der Waals surface area contributed by atoms with Gasteiger partial charge < -0.3 is 9.72 Å². The molecule has 0 radical (unpaired) electrons. The molecule has 4 rings (SSSR count). The third-order valence-electron chi connectivity index (χ3n) is 6.86. The van der Waals surface area contributed by atoms with Crippen LogP contribution < -0.4 is 5.69 Å². The maximum absolute atomic E-state index is 14.2. The van der Waals surface area contributed by atoms with Gasteiger partial charge in [0.05, 0.1) is 11.6 Å². The van der Waals surface area contributed by atoms with Crippen LogP contribution in [0.15, 0.2) is 16.9 Å². The topological polar surface area (TPSA) is 50.3 Å². The molecule has 1 aliphatic heterocycles. The SMILES string of the molecule is CO[C@H]1CC[C@](C)(N2CCC(n3c(=O)[nH]c4c(F)cc(C)cc43)CC2)CC1. The Balaban J connectivity index is 1.51. The number of methoxy groups -OCH3 is 1. The van der Waals surface area contributed by atoms with Gasteiger partial charge >= 0.3 is 5.69 Å². The van der Waals surface area contributed by atoms with Crippen LogP contribution in [0, 0.1) is 12.7 Å².